The van der Waals surface area contributed by atoms with Crippen LogP contribution >= 0.6 is 11.6 Å². The summed E-state index contributed by atoms with van der Waals surface area (Å²) in [7, 11) is 1.58. The first kappa shape index (κ1) is 23.5. The molecule has 0 fully saturated rings. The maximum atomic E-state index is 13.0. The lowest BCUT2D eigenvalue weighted by atomic mass is 10.1. The van der Waals surface area contributed by atoms with E-state index in [0.29, 0.717) is 16.5 Å². The first-order valence-electron chi connectivity index (χ1n) is 9.72. The van der Waals surface area contributed by atoms with Crippen molar-refractivity contribution in [1.29, 1.82) is 0 Å². The number of benzene rings is 2. The van der Waals surface area contributed by atoms with Crippen LogP contribution in [0.2, 0.25) is 5.02 Å². The number of carbonyl (C=O) groups is 2. The van der Waals surface area contributed by atoms with Gasteiger partial charge in [0, 0.05) is 17.1 Å². The molecule has 2 amide bonds. The van der Waals surface area contributed by atoms with Gasteiger partial charge in [0.15, 0.2) is 6.61 Å². The maximum absolute atomic E-state index is 13.0. The van der Waals surface area contributed by atoms with Gasteiger partial charge in [-0.3, -0.25) is 9.59 Å². The zero-order valence-corrected chi connectivity index (χ0v) is 18.8. The average Bonchev–Trinajstić information content (AvgIpc) is 2.69. The Morgan fingerprint density at radius 3 is 2.30 bits per heavy atom. The Bertz CT molecular complexity index is 862. The van der Waals surface area contributed by atoms with Crippen molar-refractivity contribution in [1.82, 2.24) is 10.2 Å². The number of nitrogens with zero attached hydrogens (tertiary/aromatic N) is 1. The molecule has 2 aromatic carbocycles. The van der Waals surface area contributed by atoms with E-state index in [0.717, 1.165) is 5.56 Å². The van der Waals surface area contributed by atoms with Gasteiger partial charge < -0.3 is 19.7 Å². The van der Waals surface area contributed by atoms with E-state index >= 15 is 0 Å². The molecule has 6 nitrogen and oxygen atoms in total. The highest BCUT2D eigenvalue weighted by Crippen LogP contribution is 2.18. The predicted octanol–water partition coefficient (Wildman–Crippen LogP) is 4.06. The lowest BCUT2D eigenvalue weighted by Gasteiger charge is -2.31. The van der Waals surface area contributed by atoms with Gasteiger partial charge in [-0.25, -0.2) is 0 Å². The summed E-state index contributed by atoms with van der Waals surface area (Å²) in [5.74, 6) is 0.701. The quantitative estimate of drug-likeness (QED) is 0.683. The Morgan fingerprint density at radius 2 is 1.73 bits per heavy atom. The number of rotatable bonds is 8. The van der Waals surface area contributed by atoms with Gasteiger partial charge in [-0.05, 0) is 69.7 Å². The fourth-order valence-electron chi connectivity index (χ4n) is 2.79. The molecule has 7 heteroatoms. The first-order chi connectivity index (χ1) is 14.1. The van der Waals surface area contributed by atoms with Crippen molar-refractivity contribution >= 4 is 23.4 Å². The highest BCUT2D eigenvalue weighted by atomic mass is 35.5. The molecule has 30 heavy (non-hydrogen) atoms. The maximum Gasteiger partial charge on any atom is 0.261 e. The third-order valence-electron chi connectivity index (χ3n) is 4.33. The number of nitrogens with one attached hydrogen (secondary N) is 1. The van der Waals surface area contributed by atoms with Gasteiger partial charge in [0.05, 0.1) is 7.11 Å². The van der Waals surface area contributed by atoms with Gasteiger partial charge in [0.25, 0.3) is 5.91 Å². The second-order valence-corrected chi connectivity index (χ2v) is 8.47. The van der Waals surface area contributed by atoms with Crippen molar-refractivity contribution in [2.75, 3.05) is 13.7 Å². The number of amides is 2. The summed E-state index contributed by atoms with van der Waals surface area (Å²) >= 11 is 6.09. The fourth-order valence-corrected chi connectivity index (χ4v) is 3.00. The molecule has 0 aliphatic heterocycles. The van der Waals surface area contributed by atoms with Crippen LogP contribution < -0.4 is 14.8 Å². The Kier molecular flexibility index (Phi) is 8.12. The predicted molar refractivity (Wildman–Crippen MR) is 118 cm³/mol. The normalized spacial score (nSPS) is 12.1. The number of methoxy groups -OCH3 is 1. The lowest BCUT2D eigenvalue weighted by molar-refractivity contribution is -0.142. The molecule has 0 aliphatic rings. The van der Waals surface area contributed by atoms with E-state index in [1.807, 2.05) is 32.9 Å². The zero-order chi connectivity index (χ0) is 22.3. The molecule has 0 radical (unpaired) electrons. The summed E-state index contributed by atoms with van der Waals surface area (Å²) in [6.07, 6.45) is 0. The molecule has 1 N–H and O–H groups in total. The van der Waals surface area contributed by atoms with E-state index < -0.39 is 11.6 Å². The SMILES string of the molecule is COc1ccc(OCC(=O)N(Cc2cccc(Cl)c2)[C@@H](C)C(=O)NC(C)(C)C)cc1. The molecular weight excluding hydrogens is 404 g/mol. The van der Waals surface area contributed by atoms with E-state index in [-0.39, 0.29) is 25.0 Å². The zero-order valence-electron chi connectivity index (χ0n) is 18.1. The van der Waals surface area contributed by atoms with Crippen molar-refractivity contribution in [3.8, 4) is 11.5 Å². The fraction of sp³-hybridized carbons (Fsp3) is 0.391. The molecule has 2 aromatic rings. The molecule has 0 aromatic heterocycles. The minimum Gasteiger partial charge on any atom is -0.497 e. The van der Waals surface area contributed by atoms with Crippen molar-refractivity contribution in [2.24, 2.45) is 0 Å². The number of carbonyl (C=O) groups excluding carboxylic acids is 2. The summed E-state index contributed by atoms with van der Waals surface area (Å²) in [4.78, 5) is 27.2. The van der Waals surface area contributed by atoms with E-state index in [2.05, 4.69) is 5.32 Å². The van der Waals surface area contributed by atoms with Crippen molar-refractivity contribution in [2.45, 2.75) is 45.8 Å². The van der Waals surface area contributed by atoms with Crippen LogP contribution in [0.3, 0.4) is 0 Å². The number of hydrogen-bond acceptors (Lipinski definition) is 4. The highest BCUT2D eigenvalue weighted by Gasteiger charge is 2.28. The monoisotopic (exact) mass is 432 g/mol. The van der Waals surface area contributed by atoms with E-state index in [9.17, 15) is 9.59 Å². The third kappa shape index (κ3) is 7.26. The second kappa shape index (κ2) is 10.3. The molecule has 2 rings (SSSR count). The smallest absolute Gasteiger partial charge is 0.261 e. The summed E-state index contributed by atoms with van der Waals surface area (Å²) in [6.45, 7) is 7.44. The van der Waals surface area contributed by atoms with Gasteiger partial charge in [-0.15, -0.1) is 0 Å². The van der Waals surface area contributed by atoms with Gasteiger partial charge in [0.2, 0.25) is 5.91 Å². The van der Waals surface area contributed by atoms with Crippen LogP contribution in [0, 0.1) is 0 Å². The molecule has 0 aliphatic carbocycles. The standard InChI is InChI=1S/C23H29ClN2O4/c1-16(22(28)25-23(2,3)4)26(14-17-7-6-8-18(24)13-17)21(27)15-30-20-11-9-19(29-5)10-12-20/h6-13,16H,14-15H2,1-5H3,(H,25,28)/t16-/m0/s1. The van der Waals surface area contributed by atoms with Crippen LogP contribution in [0.5, 0.6) is 11.5 Å². The summed E-state index contributed by atoms with van der Waals surface area (Å²) < 4.78 is 10.8. The molecule has 0 spiro atoms. The third-order valence-corrected chi connectivity index (χ3v) is 4.56. The molecule has 0 unspecified atom stereocenters. The molecule has 0 bridgehead atoms. The first-order valence-corrected chi connectivity index (χ1v) is 10.1. The number of halogens is 1. The molecular formula is C23H29ClN2O4. The van der Waals surface area contributed by atoms with Gasteiger partial charge >= 0.3 is 0 Å². The van der Waals surface area contributed by atoms with Crippen LogP contribution in [-0.4, -0.2) is 42.0 Å². The summed E-state index contributed by atoms with van der Waals surface area (Å²) in [5.41, 5.74) is 0.422. The van der Waals surface area contributed by atoms with Gasteiger partial charge in [-0.2, -0.15) is 0 Å². The summed E-state index contributed by atoms with van der Waals surface area (Å²) in [6, 6.07) is 13.5. The molecule has 0 heterocycles. The topological polar surface area (TPSA) is 67.9 Å². The lowest BCUT2D eigenvalue weighted by Crippen LogP contribution is -2.53. The van der Waals surface area contributed by atoms with E-state index in [1.54, 1.807) is 50.4 Å². The Hall–Kier alpha value is -2.73. The van der Waals surface area contributed by atoms with E-state index in [1.165, 1.54) is 4.90 Å². The van der Waals surface area contributed by atoms with Crippen molar-refractivity contribution in [3.63, 3.8) is 0 Å². The number of hydrogen-bond donors (Lipinski definition) is 1. The highest BCUT2D eigenvalue weighted by molar-refractivity contribution is 6.30. The Balaban J connectivity index is 2.15. The van der Waals surface area contributed by atoms with Crippen LogP contribution in [0.1, 0.15) is 33.3 Å². The van der Waals surface area contributed by atoms with Crippen LogP contribution in [0.25, 0.3) is 0 Å². The van der Waals surface area contributed by atoms with Crippen LogP contribution in [-0.2, 0) is 16.1 Å². The molecule has 0 saturated carbocycles. The molecule has 162 valence electrons. The molecule has 1 atom stereocenters. The van der Waals surface area contributed by atoms with Gasteiger partial charge in [-0.1, -0.05) is 23.7 Å². The minimum atomic E-state index is -0.685. The van der Waals surface area contributed by atoms with Crippen molar-refractivity contribution < 1.29 is 19.1 Å². The van der Waals surface area contributed by atoms with Crippen molar-refractivity contribution in [3.05, 3.63) is 59.1 Å². The summed E-state index contributed by atoms with van der Waals surface area (Å²) in [5, 5.41) is 3.49. The molecule has 0 saturated heterocycles. The largest absolute Gasteiger partial charge is 0.497 e. The average molecular weight is 433 g/mol. The van der Waals surface area contributed by atoms with Crippen LogP contribution in [0.15, 0.2) is 48.5 Å². The van der Waals surface area contributed by atoms with Crippen LogP contribution in [0.4, 0.5) is 0 Å². The number of ether oxygens (including phenoxy) is 2. The Morgan fingerprint density at radius 1 is 1.10 bits per heavy atom. The minimum absolute atomic E-state index is 0.194. The second-order valence-electron chi connectivity index (χ2n) is 8.03. The Labute approximate surface area is 183 Å². The van der Waals surface area contributed by atoms with Gasteiger partial charge in [0.1, 0.15) is 17.5 Å². The van der Waals surface area contributed by atoms with E-state index in [4.69, 9.17) is 21.1 Å².